The third kappa shape index (κ3) is 5.47. The van der Waals surface area contributed by atoms with Crippen molar-refractivity contribution in [1.29, 1.82) is 5.26 Å². The third-order valence-electron chi connectivity index (χ3n) is 6.13. The molecule has 1 N–H and O–H groups in total. The van der Waals surface area contributed by atoms with Crippen LogP contribution >= 0.6 is 0 Å². The van der Waals surface area contributed by atoms with Crippen molar-refractivity contribution >= 4 is 22.8 Å². The molecule has 3 aromatic rings. The van der Waals surface area contributed by atoms with Crippen molar-refractivity contribution < 1.29 is 9.53 Å². The van der Waals surface area contributed by atoms with E-state index in [2.05, 4.69) is 40.6 Å². The molecular weight excluding hydrogens is 414 g/mol. The highest BCUT2D eigenvalue weighted by atomic mass is 16.5. The number of hydrogen-bond donors (Lipinski definition) is 1. The number of fused-ring (bicyclic) bond motifs is 1. The number of para-hydroxylation sites is 2. The lowest BCUT2D eigenvalue weighted by atomic mass is 9.90. The maximum atomic E-state index is 12.8. The number of benzene rings is 2. The normalized spacial score (nSPS) is 15.2. The molecule has 0 saturated carbocycles. The van der Waals surface area contributed by atoms with Crippen LogP contribution in [0.3, 0.4) is 0 Å². The molecule has 1 atom stereocenters. The zero-order chi connectivity index (χ0) is 23.0. The number of rotatable bonds is 8. The van der Waals surface area contributed by atoms with Gasteiger partial charge in [-0.3, -0.25) is 4.79 Å². The van der Waals surface area contributed by atoms with E-state index >= 15 is 0 Å². The molecular formula is C26H29N5O2. The van der Waals surface area contributed by atoms with Crippen molar-refractivity contribution in [2.24, 2.45) is 5.92 Å². The third-order valence-corrected chi connectivity index (χ3v) is 6.13. The average Bonchev–Trinajstić information content (AvgIpc) is 2.85. The van der Waals surface area contributed by atoms with Gasteiger partial charge in [0.15, 0.2) is 11.7 Å². The number of hydrogen-bond acceptors (Lipinski definition) is 6. The number of aromatic nitrogens is 2. The SMILES string of the molecule is COCCNC(=O)[C@@H](C#N)c1nc2ccccc2nc1N1CCC(Cc2ccccc2)CC1. The van der Waals surface area contributed by atoms with Gasteiger partial charge in [0, 0.05) is 26.7 Å². The number of nitriles is 1. The quantitative estimate of drug-likeness (QED) is 0.536. The first-order valence-electron chi connectivity index (χ1n) is 11.4. The van der Waals surface area contributed by atoms with Gasteiger partial charge in [0.05, 0.1) is 23.7 Å². The molecule has 0 radical (unpaired) electrons. The summed E-state index contributed by atoms with van der Waals surface area (Å²) in [6, 6.07) is 20.3. The number of piperidine rings is 1. The number of nitrogens with zero attached hydrogens (tertiary/aromatic N) is 4. The van der Waals surface area contributed by atoms with E-state index < -0.39 is 5.92 Å². The van der Waals surface area contributed by atoms with Gasteiger partial charge in [-0.05, 0) is 42.9 Å². The Balaban J connectivity index is 1.57. The Kier molecular flexibility index (Phi) is 7.48. The highest BCUT2D eigenvalue weighted by Crippen LogP contribution is 2.31. The topological polar surface area (TPSA) is 91.1 Å². The van der Waals surface area contributed by atoms with Crippen LogP contribution in [0, 0.1) is 17.2 Å². The summed E-state index contributed by atoms with van der Waals surface area (Å²) in [5.74, 6) is -0.166. The van der Waals surface area contributed by atoms with E-state index in [1.807, 2.05) is 30.3 Å². The molecule has 33 heavy (non-hydrogen) atoms. The fourth-order valence-corrected chi connectivity index (χ4v) is 4.35. The minimum Gasteiger partial charge on any atom is -0.383 e. The maximum absolute atomic E-state index is 12.8. The van der Waals surface area contributed by atoms with E-state index in [1.165, 1.54) is 5.56 Å². The van der Waals surface area contributed by atoms with E-state index in [0.717, 1.165) is 37.9 Å². The first kappa shape index (κ1) is 22.7. The van der Waals surface area contributed by atoms with Crippen LogP contribution in [0.2, 0.25) is 0 Å². The lowest BCUT2D eigenvalue weighted by molar-refractivity contribution is -0.121. The van der Waals surface area contributed by atoms with E-state index in [0.29, 0.717) is 36.1 Å². The Hall–Kier alpha value is -3.50. The van der Waals surface area contributed by atoms with Gasteiger partial charge in [-0.1, -0.05) is 42.5 Å². The van der Waals surface area contributed by atoms with E-state index in [9.17, 15) is 10.1 Å². The summed E-state index contributed by atoms with van der Waals surface area (Å²) in [5, 5.41) is 12.7. The summed E-state index contributed by atoms with van der Waals surface area (Å²) in [6.07, 6.45) is 3.12. The lowest BCUT2D eigenvalue weighted by Crippen LogP contribution is -2.37. The van der Waals surface area contributed by atoms with Crippen LogP contribution in [0.5, 0.6) is 0 Å². The summed E-state index contributed by atoms with van der Waals surface area (Å²) in [6.45, 7) is 2.37. The molecule has 1 saturated heterocycles. The van der Waals surface area contributed by atoms with Crippen LogP contribution in [0.1, 0.15) is 30.0 Å². The molecule has 170 valence electrons. The van der Waals surface area contributed by atoms with Gasteiger partial charge < -0.3 is 15.0 Å². The first-order chi connectivity index (χ1) is 16.2. The lowest BCUT2D eigenvalue weighted by Gasteiger charge is -2.34. The second-order valence-electron chi connectivity index (χ2n) is 8.39. The number of carbonyl (C=O) groups is 1. The summed E-state index contributed by atoms with van der Waals surface area (Å²) < 4.78 is 5.01. The monoisotopic (exact) mass is 443 g/mol. The molecule has 2 aromatic carbocycles. The van der Waals surface area contributed by atoms with Gasteiger partial charge in [-0.2, -0.15) is 5.26 Å². The fourth-order valence-electron chi connectivity index (χ4n) is 4.35. The Bertz CT molecular complexity index is 1120. The molecule has 0 unspecified atom stereocenters. The van der Waals surface area contributed by atoms with Crippen molar-refractivity contribution in [3.8, 4) is 6.07 Å². The molecule has 1 aliphatic rings. The minimum absolute atomic E-state index is 0.342. The van der Waals surface area contributed by atoms with Crippen LogP contribution in [-0.4, -0.2) is 49.2 Å². The van der Waals surface area contributed by atoms with E-state index in [4.69, 9.17) is 14.7 Å². The van der Waals surface area contributed by atoms with Crippen molar-refractivity contribution in [3.63, 3.8) is 0 Å². The van der Waals surface area contributed by atoms with Gasteiger partial charge in [-0.15, -0.1) is 0 Å². The van der Waals surface area contributed by atoms with Gasteiger partial charge in [0.1, 0.15) is 5.69 Å². The molecule has 1 aliphatic heterocycles. The predicted octanol–water partition coefficient (Wildman–Crippen LogP) is 3.46. The standard InChI is InChI=1S/C26H29N5O2/c1-33-16-13-28-26(32)21(18-27)24-25(30-23-10-6-5-9-22(23)29-24)31-14-11-20(12-15-31)17-19-7-3-2-4-8-19/h2-10,20-21H,11-17H2,1H3,(H,28,32)/t21-/m0/s1. The number of ether oxygens (including phenoxy) is 1. The average molecular weight is 444 g/mol. The Morgan fingerprint density at radius 2 is 1.79 bits per heavy atom. The fraction of sp³-hybridized carbons (Fsp3) is 0.385. The molecule has 7 heteroatoms. The molecule has 1 fully saturated rings. The second-order valence-corrected chi connectivity index (χ2v) is 8.39. The van der Waals surface area contributed by atoms with Crippen LogP contribution in [-0.2, 0) is 16.0 Å². The predicted molar refractivity (Wildman–Crippen MR) is 128 cm³/mol. The number of nitrogens with one attached hydrogen (secondary N) is 1. The zero-order valence-electron chi connectivity index (χ0n) is 18.9. The number of amides is 1. The van der Waals surface area contributed by atoms with Gasteiger partial charge >= 0.3 is 0 Å². The molecule has 1 aromatic heterocycles. The second kappa shape index (κ2) is 10.9. The Morgan fingerprint density at radius 3 is 2.45 bits per heavy atom. The number of methoxy groups -OCH3 is 1. The molecule has 0 bridgehead atoms. The summed E-state index contributed by atoms with van der Waals surface area (Å²) >= 11 is 0. The summed E-state index contributed by atoms with van der Waals surface area (Å²) in [7, 11) is 1.57. The van der Waals surface area contributed by atoms with E-state index in [-0.39, 0.29) is 5.91 Å². The number of anilines is 1. The Morgan fingerprint density at radius 1 is 1.12 bits per heavy atom. The molecule has 2 heterocycles. The minimum atomic E-state index is -1.03. The van der Waals surface area contributed by atoms with Crippen molar-refractivity contribution in [3.05, 3.63) is 65.9 Å². The first-order valence-corrected chi connectivity index (χ1v) is 11.4. The van der Waals surface area contributed by atoms with Crippen molar-refractivity contribution in [2.75, 3.05) is 38.3 Å². The zero-order valence-corrected chi connectivity index (χ0v) is 18.9. The maximum Gasteiger partial charge on any atom is 0.243 e. The van der Waals surface area contributed by atoms with Gasteiger partial charge in [0.25, 0.3) is 0 Å². The summed E-state index contributed by atoms with van der Waals surface area (Å²) in [4.78, 5) is 24.6. The molecule has 0 aliphatic carbocycles. The van der Waals surface area contributed by atoms with E-state index in [1.54, 1.807) is 7.11 Å². The van der Waals surface area contributed by atoms with Crippen LogP contribution in [0.15, 0.2) is 54.6 Å². The molecule has 0 spiro atoms. The number of carbonyl (C=O) groups excluding carboxylic acids is 1. The van der Waals surface area contributed by atoms with Crippen molar-refractivity contribution in [1.82, 2.24) is 15.3 Å². The van der Waals surface area contributed by atoms with Gasteiger partial charge in [-0.25, -0.2) is 9.97 Å². The van der Waals surface area contributed by atoms with Crippen molar-refractivity contribution in [2.45, 2.75) is 25.2 Å². The Labute approximate surface area is 194 Å². The van der Waals surface area contributed by atoms with Crippen LogP contribution in [0.4, 0.5) is 5.82 Å². The highest BCUT2D eigenvalue weighted by molar-refractivity contribution is 5.88. The van der Waals surface area contributed by atoms with Crippen LogP contribution in [0.25, 0.3) is 11.0 Å². The largest absolute Gasteiger partial charge is 0.383 e. The molecule has 7 nitrogen and oxygen atoms in total. The molecule has 4 rings (SSSR count). The smallest absolute Gasteiger partial charge is 0.243 e. The van der Waals surface area contributed by atoms with Crippen LogP contribution < -0.4 is 10.2 Å². The highest BCUT2D eigenvalue weighted by Gasteiger charge is 2.30. The molecule has 1 amide bonds. The van der Waals surface area contributed by atoms with Gasteiger partial charge in [0.2, 0.25) is 5.91 Å². The summed E-state index contributed by atoms with van der Waals surface area (Å²) in [5.41, 5.74) is 3.23.